The van der Waals surface area contributed by atoms with Crippen molar-refractivity contribution in [1.82, 2.24) is 0 Å². The van der Waals surface area contributed by atoms with E-state index in [1.54, 1.807) is 18.2 Å². The lowest BCUT2D eigenvalue weighted by atomic mass is 9.96. The van der Waals surface area contributed by atoms with Crippen molar-refractivity contribution in [2.75, 3.05) is 0 Å². The molecule has 3 nitrogen and oxygen atoms in total. The van der Waals surface area contributed by atoms with E-state index in [4.69, 9.17) is 13.0 Å². The maximum atomic E-state index is 12.0. The molecule has 1 aromatic carbocycles. The second-order valence-electron chi connectivity index (χ2n) is 4.07. The van der Waals surface area contributed by atoms with Gasteiger partial charge in [0.1, 0.15) is 0 Å². The summed E-state index contributed by atoms with van der Waals surface area (Å²) in [5, 5.41) is 9.81. The summed E-state index contributed by atoms with van der Waals surface area (Å²) >= 11 is 0. The number of nitrogens with zero attached hydrogens (tertiary/aromatic N) is 1. The Hall–Kier alpha value is -2.10. The molecule has 0 heterocycles. The molecule has 1 aromatic rings. The first-order chi connectivity index (χ1) is 8.19. The third-order valence-corrected chi connectivity index (χ3v) is 3.09. The van der Waals surface area contributed by atoms with Crippen LogP contribution < -0.4 is 0 Å². The van der Waals surface area contributed by atoms with E-state index in [9.17, 15) is 9.90 Å². The minimum Gasteiger partial charge on any atom is -0.391 e. The van der Waals surface area contributed by atoms with Gasteiger partial charge in [0, 0.05) is 12.0 Å². The number of hydrogen-bond donors (Lipinski definition) is 1. The number of fused-ring (bicyclic) bond motifs is 1. The molecule has 0 amide bonds. The molecule has 1 aliphatic rings. The average Bonchev–Trinajstić information content (AvgIpc) is 2.67. The van der Waals surface area contributed by atoms with Crippen molar-refractivity contribution in [3.8, 4) is 12.3 Å². The summed E-state index contributed by atoms with van der Waals surface area (Å²) in [5.41, 5.74) is 1.79. The van der Waals surface area contributed by atoms with Crippen LogP contribution in [0.25, 0.3) is 4.85 Å². The van der Waals surface area contributed by atoms with Gasteiger partial charge in [0.05, 0.1) is 18.6 Å². The van der Waals surface area contributed by atoms with Crippen LogP contribution in [-0.4, -0.2) is 17.0 Å². The third kappa shape index (κ3) is 1.82. The first-order valence-electron chi connectivity index (χ1n) is 5.34. The normalized spacial score (nSPS) is 19.2. The van der Waals surface area contributed by atoms with Gasteiger partial charge in [-0.3, -0.25) is 4.79 Å². The highest BCUT2D eigenvalue weighted by Gasteiger charge is 2.36. The highest BCUT2D eigenvalue weighted by molar-refractivity contribution is 6.04. The summed E-state index contributed by atoms with van der Waals surface area (Å²) in [7, 11) is 0. The van der Waals surface area contributed by atoms with Gasteiger partial charge in [-0.2, -0.15) is 0 Å². The second kappa shape index (κ2) is 4.41. The fourth-order valence-electron chi connectivity index (χ4n) is 2.21. The predicted molar refractivity (Wildman–Crippen MR) is 63.7 cm³/mol. The lowest BCUT2D eigenvalue weighted by Gasteiger charge is -2.13. The van der Waals surface area contributed by atoms with Crippen LogP contribution in [0.1, 0.15) is 22.3 Å². The van der Waals surface area contributed by atoms with Crippen molar-refractivity contribution in [3.63, 3.8) is 0 Å². The van der Waals surface area contributed by atoms with Crippen LogP contribution >= 0.6 is 0 Å². The molecular weight excluding hydrogens is 214 g/mol. The van der Waals surface area contributed by atoms with E-state index in [0.717, 1.165) is 5.56 Å². The van der Waals surface area contributed by atoms with Gasteiger partial charge in [-0.1, -0.05) is 18.2 Å². The van der Waals surface area contributed by atoms with Crippen molar-refractivity contribution < 1.29 is 9.90 Å². The van der Waals surface area contributed by atoms with Crippen molar-refractivity contribution in [3.05, 3.63) is 40.7 Å². The molecule has 1 aliphatic carbocycles. The van der Waals surface area contributed by atoms with Crippen molar-refractivity contribution >= 4 is 11.5 Å². The summed E-state index contributed by atoms with van der Waals surface area (Å²) in [6.07, 6.45) is 4.89. The van der Waals surface area contributed by atoms with E-state index in [1.807, 2.05) is 0 Å². The summed E-state index contributed by atoms with van der Waals surface area (Å²) in [4.78, 5) is 15.4. The van der Waals surface area contributed by atoms with Crippen molar-refractivity contribution in [2.45, 2.75) is 18.9 Å². The Morgan fingerprint density at radius 1 is 1.65 bits per heavy atom. The molecule has 0 fully saturated rings. The molecule has 0 bridgehead atoms. The number of rotatable bonds is 2. The lowest BCUT2D eigenvalue weighted by molar-refractivity contribution is 0.0725. The zero-order valence-electron chi connectivity index (χ0n) is 9.18. The number of hydrogen-bond acceptors (Lipinski definition) is 2. The topological polar surface area (TPSA) is 41.7 Å². The Kier molecular flexibility index (Phi) is 2.95. The lowest BCUT2D eigenvalue weighted by Crippen LogP contribution is -2.25. The summed E-state index contributed by atoms with van der Waals surface area (Å²) < 4.78 is 0. The molecule has 2 unspecified atom stereocenters. The molecule has 3 heteroatoms. The van der Waals surface area contributed by atoms with E-state index in [2.05, 4.69) is 10.8 Å². The number of benzene rings is 1. The number of aliphatic hydroxyl groups excluding tert-OH is 1. The van der Waals surface area contributed by atoms with Crippen molar-refractivity contribution in [1.29, 1.82) is 0 Å². The van der Waals surface area contributed by atoms with Crippen LogP contribution in [0, 0.1) is 24.8 Å². The van der Waals surface area contributed by atoms with E-state index < -0.39 is 12.0 Å². The zero-order valence-corrected chi connectivity index (χ0v) is 9.18. The number of terminal acetylenes is 1. The smallest absolute Gasteiger partial charge is 0.191 e. The fraction of sp³-hybridized carbons (Fsp3) is 0.286. The van der Waals surface area contributed by atoms with E-state index in [-0.39, 0.29) is 12.2 Å². The van der Waals surface area contributed by atoms with Crippen LogP contribution in [0.15, 0.2) is 18.2 Å². The molecule has 17 heavy (non-hydrogen) atoms. The SMILES string of the molecule is [C-]#[N+]c1cccc2c1CC(C(O)CC#C)C2=O. The number of Topliss-reactive ketones (excluding diaryl/α,β-unsaturated/α-hetero) is 1. The van der Waals surface area contributed by atoms with Gasteiger partial charge in [-0.25, -0.2) is 4.85 Å². The largest absolute Gasteiger partial charge is 0.391 e. The molecule has 2 atom stereocenters. The first-order valence-corrected chi connectivity index (χ1v) is 5.34. The van der Waals surface area contributed by atoms with Crippen molar-refractivity contribution in [2.24, 2.45) is 5.92 Å². The molecule has 84 valence electrons. The van der Waals surface area contributed by atoms with Gasteiger partial charge in [0.25, 0.3) is 0 Å². The van der Waals surface area contributed by atoms with Gasteiger partial charge in [0.2, 0.25) is 0 Å². The number of aliphatic hydroxyl groups is 1. The molecule has 1 N–H and O–H groups in total. The summed E-state index contributed by atoms with van der Waals surface area (Å²) in [5.74, 6) is 1.76. The van der Waals surface area contributed by atoms with Gasteiger partial charge in [-0.05, 0) is 12.0 Å². The third-order valence-electron chi connectivity index (χ3n) is 3.09. The number of carbonyl (C=O) groups is 1. The Balaban J connectivity index is 2.37. The summed E-state index contributed by atoms with van der Waals surface area (Å²) in [6, 6.07) is 5.09. The van der Waals surface area contributed by atoms with Gasteiger partial charge < -0.3 is 5.11 Å². The first kappa shape index (κ1) is 11.4. The van der Waals surface area contributed by atoms with Gasteiger partial charge >= 0.3 is 0 Å². The molecule has 0 radical (unpaired) electrons. The molecule has 0 aromatic heterocycles. The Labute approximate surface area is 99.9 Å². The molecular formula is C14H11NO2. The maximum Gasteiger partial charge on any atom is 0.191 e. The summed E-state index contributed by atoms with van der Waals surface area (Å²) in [6.45, 7) is 7.05. The Morgan fingerprint density at radius 2 is 2.41 bits per heavy atom. The molecule has 0 aliphatic heterocycles. The minimum absolute atomic E-state index is 0.103. The Bertz CT molecular complexity index is 548. The van der Waals surface area contributed by atoms with Gasteiger partial charge in [0.15, 0.2) is 11.5 Å². The average molecular weight is 225 g/mol. The fourth-order valence-corrected chi connectivity index (χ4v) is 2.21. The van der Waals surface area contributed by atoms with Crippen LogP contribution in [0.4, 0.5) is 5.69 Å². The van der Waals surface area contributed by atoms with E-state index >= 15 is 0 Å². The second-order valence-corrected chi connectivity index (χ2v) is 4.07. The molecule has 2 rings (SSSR count). The number of ketones is 1. The van der Waals surface area contributed by atoms with E-state index in [0.29, 0.717) is 17.7 Å². The van der Waals surface area contributed by atoms with Crippen LogP contribution in [0.2, 0.25) is 0 Å². The number of carbonyl (C=O) groups excluding carboxylic acids is 1. The highest BCUT2D eigenvalue weighted by Crippen LogP contribution is 2.35. The minimum atomic E-state index is -0.821. The maximum absolute atomic E-state index is 12.0. The zero-order chi connectivity index (χ0) is 12.4. The van der Waals surface area contributed by atoms with Crippen LogP contribution in [0.3, 0.4) is 0 Å². The quantitative estimate of drug-likeness (QED) is 0.617. The predicted octanol–water partition coefficient (Wildman–Crippen LogP) is 1.98. The molecule has 0 spiro atoms. The van der Waals surface area contributed by atoms with Crippen LogP contribution in [-0.2, 0) is 6.42 Å². The van der Waals surface area contributed by atoms with Gasteiger partial charge in [-0.15, -0.1) is 12.3 Å². The monoisotopic (exact) mass is 225 g/mol. The Morgan fingerprint density at radius 3 is 3.06 bits per heavy atom. The highest BCUT2D eigenvalue weighted by atomic mass is 16.3. The van der Waals surface area contributed by atoms with Crippen LogP contribution in [0.5, 0.6) is 0 Å². The molecule has 0 saturated carbocycles. The standard InChI is InChI=1S/C14H11NO2/c1-3-5-13(16)11-8-10-9(14(11)17)6-4-7-12(10)15-2/h1,4,6-7,11,13,16H,5,8H2. The molecule has 0 saturated heterocycles. The van der Waals surface area contributed by atoms with E-state index in [1.165, 1.54) is 0 Å².